The molecule has 0 spiro atoms. The Kier molecular flexibility index (Phi) is 6.64. The van der Waals surface area contributed by atoms with E-state index in [2.05, 4.69) is 12.1 Å². The number of rotatable bonds is 7. The molecule has 2 fully saturated rings. The predicted molar refractivity (Wildman–Crippen MR) is 108 cm³/mol. The van der Waals surface area contributed by atoms with Gasteiger partial charge in [-0.15, -0.1) is 0 Å². The molecule has 1 aromatic carbocycles. The normalized spacial score (nSPS) is 25.6. The lowest BCUT2D eigenvalue weighted by Gasteiger charge is -2.37. The third-order valence-corrected chi connectivity index (χ3v) is 6.57. The summed E-state index contributed by atoms with van der Waals surface area (Å²) in [7, 11) is 1.63. The largest absolute Gasteiger partial charge is 0.493 e. The van der Waals surface area contributed by atoms with E-state index < -0.39 is 11.3 Å². The van der Waals surface area contributed by atoms with Crippen molar-refractivity contribution in [2.45, 2.75) is 69.3 Å². The van der Waals surface area contributed by atoms with Crippen molar-refractivity contribution in [3.8, 4) is 23.6 Å². The number of nitriles is 2. The smallest absolute Gasteiger partial charge is 0.218 e. The van der Waals surface area contributed by atoms with Crippen LogP contribution in [0.1, 0.15) is 63.4 Å². The Morgan fingerprint density at radius 3 is 2.45 bits per heavy atom. The summed E-state index contributed by atoms with van der Waals surface area (Å²) in [6.45, 7) is 0. The molecule has 2 aliphatic rings. The number of hydrogen-bond acceptors (Lipinski definition) is 5. The molecule has 1 atom stereocenters. The standard InChI is InChI=1S/C23H29N3O3/c1-28-20-7-6-18(13-21(20)29-19-4-2-3-5-19)23(15-25)10-8-16(9-11-23)17(14-24)12-22(26)27/h6-7,13,16-17,19H,2-5,8-12H2,1H3,(H2,26,27). The molecule has 3 rings (SSSR count). The van der Waals surface area contributed by atoms with Gasteiger partial charge in [0.2, 0.25) is 5.91 Å². The highest BCUT2D eigenvalue weighted by atomic mass is 16.5. The molecule has 0 bridgehead atoms. The summed E-state index contributed by atoms with van der Waals surface area (Å²) < 4.78 is 11.7. The Morgan fingerprint density at radius 2 is 1.90 bits per heavy atom. The Morgan fingerprint density at radius 1 is 1.21 bits per heavy atom. The fourth-order valence-corrected chi connectivity index (χ4v) is 4.79. The topological polar surface area (TPSA) is 109 Å². The first-order chi connectivity index (χ1) is 14.0. The number of primary amides is 1. The second-order valence-corrected chi connectivity index (χ2v) is 8.33. The van der Waals surface area contributed by atoms with E-state index in [9.17, 15) is 15.3 Å². The van der Waals surface area contributed by atoms with Gasteiger partial charge in [0.15, 0.2) is 11.5 Å². The Balaban J connectivity index is 1.78. The quantitative estimate of drug-likeness (QED) is 0.751. The van der Waals surface area contributed by atoms with Crippen molar-refractivity contribution < 1.29 is 14.3 Å². The highest BCUT2D eigenvalue weighted by Crippen LogP contribution is 2.46. The molecular weight excluding hydrogens is 366 g/mol. The van der Waals surface area contributed by atoms with Crippen LogP contribution in [0.25, 0.3) is 0 Å². The molecule has 0 heterocycles. The molecular formula is C23H29N3O3. The molecule has 1 unspecified atom stereocenters. The zero-order chi connectivity index (χ0) is 20.9. The van der Waals surface area contributed by atoms with Crippen LogP contribution in [0.4, 0.5) is 0 Å². The van der Waals surface area contributed by atoms with Crippen LogP contribution >= 0.6 is 0 Å². The van der Waals surface area contributed by atoms with E-state index >= 15 is 0 Å². The fraction of sp³-hybridized carbons (Fsp3) is 0.609. The maximum Gasteiger partial charge on any atom is 0.218 e. The van der Waals surface area contributed by atoms with Gasteiger partial charge in [-0.2, -0.15) is 10.5 Å². The van der Waals surface area contributed by atoms with Crippen molar-refractivity contribution in [3.05, 3.63) is 23.8 Å². The molecule has 0 aromatic heterocycles. The van der Waals surface area contributed by atoms with E-state index in [0.29, 0.717) is 24.3 Å². The molecule has 2 saturated carbocycles. The molecule has 29 heavy (non-hydrogen) atoms. The van der Waals surface area contributed by atoms with Crippen molar-refractivity contribution in [1.82, 2.24) is 0 Å². The van der Waals surface area contributed by atoms with Crippen molar-refractivity contribution in [3.63, 3.8) is 0 Å². The van der Waals surface area contributed by atoms with Gasteiger partial charge in [0, 0.05) is 6.42 Å². The van der Waals surface area contributed by atoms with Crippen LogP contribution in [0, 0.1) is 34.5 Å². The van der Waals surface area contributed by atoms with Gasteiger partial charge >= 0.3 is 0 Å². The molecule has 1 amide bonds. The lowest BCUT2D eigenvalue weighted by atomic mass is 9.65. The SMILES string of the molecule is COc1ccc(C2(C#N)CCC(C(C#N)CC(N)=O)CC2)cc1OC1CCCC1. The second kappa shape index (κ2) is 9.18. The predicted octanol–water partition coefficient (Wildman–Crippen LogP) is 3.98. The van der Waals surface area contributed by atoms with Crippen molar-refractivity contribution in [2.75, 3.05) is 7.11 Å². The van der Waals surface area contributed by atoms with Gasteiger partial charge in [-0.3, -0.25) is 4.79 Å². The monoisotopic (exact) mass is 395 g/mol. The molecule has 2 aliphatic carbocycles. The number of amides is 1. The summed E-state index contributed by atoms with van der Waals surface area (Å²) >= 11 is 0. The number of carbonyl (C=O) groups is 1. The molecule has 154 valence electrons. The molecule has 0 aliphatic heterocycles. The Bertz CT molecular complexity index is 810. The number of carbonyl (C=O) groups excluding carboxylic acids is 1. The average Bonchev–Trinajstić information content (AvgIpc) is 3.25. The summed E-state index contributed by atoms with van der Waals surface area (Å²) in [5.41, 5.74) is 5.62. The summed E-state index contributed by atoms with van der Waals surface area (Å²) in [5.74, 6) is 0.672. The van der Waals surface area contributed by atoms with Crippen LogP contribution in [0.15, 0.2) is 18.2 Å². The number of hydrogen-bond donors (Lipinski definition) is 1. The van der Waals surface area contributed by atoms with Gasteiger partial charge in [-0.1, -0.05) is 6.07 Å². The van der Waals surface area contributed by atoms with E-state index in [-0.39, 0.29) is 24.4 Å². The second-order valence-electron chi connectivity index (χ2n) is 8.33. The van der Waals surface area contributed by atoms with Crippen LogP contribution in [0.5, 0.6) is 11.5 Å². The molecule has 0 saturated heterocycles. The maximum atomic E-state index is 11.2. The Hall–Kier alpha value is -2.73. The van der Waals surface area contributed by atoms with Crippen molar-refractivity contribution in [1.29, 1.82) is 10.5 Å². The van der Waals surface area contributed by atoms with E-state index in [1.54, 1.807) is 7.11 Å². The number of nitrogens with two attached hydrogens (primary N) is 1. The van der Waals surface area contributed by atoms with E-state index in [4.69, 9.17) is 15.2 Å². The van der Waals surface area contributed by atoms with Gasteiger partial charge in [-0.25, -0.2) is 0 Å². The van der Waals surface area contributed by atoms with Gasteiger partial charge in [-0.05, 0) is 75.0 Å². The number of nitrogens with zero attached hydrogens (tertiary/aromatic N) is 2. The van der Waals surface area contributed by atoms with E-state index in [0.717, 1.165) is 31.2 Å². The number of methoxy groups -OCH3 is 1. The number of benzene rings is 1. The minimum atomic E-state index is -0.608. The van der Waals surface area contributed by atoms with Crippen LogP contribution in [-0.2, 0) is 10.2 Å². The van der Waals surface area contributed by atoms with E-state index in [1.165, 1.54) is 12.8 Å². The van der Waals surface area contributed by atoms with Gasteiger partial charge in [0.05, 0.1) is 36.7 Å². The highest BCUT2D eigenvalue weighted by Gasteiger charge is 2.40. The summed E-state index contributed by atoms with van der Waals surface area (Å²) in [6.07, 6.45) is 7.51. The van der Waals surface area contributed by atoms with Crippen LogP contribution < -0.4 is 15.2 Å². The third kappa shape index (κ3) is 4.65. The first kappa shape index (κ1) is 21.0. The zero-order valence-corrected chi connectivity index (χ0v) is 17.0. The third-order valence-electron chi connectivity index (χ3n) is 6.57. The van der Waals surface area contributed by atoms with Crippen molar-refractivity contribution >= 4 is 5.91 Å². The summed E-state index contributed by atoms with van der Waals surface area (Å²) in [4.78, 5) is 11.2. The van der Waals surface area contributed by atoms with Crippen LogP contribution in [-0.4, -0.2) is 19.1 Å². The lowest BCUT2D eigenvalue weighted by Crippen LogP contribution is -2.33. The van der Waals surface area contributed by atoms with E-state index in [1.807, 2.05) is 18.2 Å². The molecule has 1 aromatic rings. The summed E-state index contributed by atoms with van der Waals surface area (Å²) in [6, 6.07) is 10.6. The molecule has 0 radical (unpaired) electrons. The van der Waals surface area contributed by atoms with Gasteiger partial charge in [0.25, 0.3) is 0 Å². The summed E-state index contributed by atoms with van der Waals surface area (Å²) in [5, 5.41) is 19.5. The maximum absolute atomic E-state index is 11.2. The average molecular weight is 396 g/mol. The molecule has 6 nitrogen and oxygen atoms in total. The first-order valence-electron chi connectivity index (χ1n) is 10.5. The van der Waals surface area contributed by atoms with Gasteiger partial charge in [0.1, 0.15) is 0 Å². The van der Waals surface area contributed by atoms with Crippen molar-refractivity contribution in [2.24, 2.45) is 17.6 Å². The van der Waals surface area contributed by atoms with Crippen LogP contribution in [0.2, 0.25) is 0 Å². The molecule has 6 heteroatoms. The minimum absolute atomic E-state index is 0.0859. The first-order valence-corrected chi connectivity index (χ1v) is 10.5. The van der Waals surface area contributed by atoms with Crippen LogP contribution in [0.3, 0.4) is 0 Å². The minimum Gasteiger partial charge on any atom is -0.493 e. The zero-order valence-electron chi connectivity index (χ0n) is 17.0. The Labute approximate surface area is 172 Å². The number of ether oxygens (including phenoxy) is 2. The fourth-order valence-electron chi connectivity index (χ4n) is 4.79. The lowest BCUT2D eigenvalue weighted by molar-refractivity contribution is -0.119. The highest BCUT2D eigenvalue weighted by molar-refractivity contribution is 5.74. The van der Waals surface area contributed by atoms with Gasteiger partial charge < -0.3 is 15.2 Å². The molecule has 2 N–H and O–H groups in total.